The number of pyridine rings is 1. The molecular formula is C26H26ClFN2O6. The van der Waals surface area contributed by atoms with Gasteiger partial charge < -0.3 is 24.5 Å². The summed E-state index contributed by atoms with van der Waals surface area (Å²) in [4.78, 5) is 36.5. The highest BCUT2D eigenvalue weighted by Gasteiger charge is 2.23. The van der Waals surface area contributed by atoms with Crippen LogP contribution in [0.4, 0.5) is 10.1 Å². The Morgan fingerprint density at radius 2 is 1.86 bits per heavy atom. The molecule has 0 aliphatic carbocycles. The van der Waals surface area contributed by atoms with E-state index in [4.69, 9.17) is 26.2 Å². The number of Topliss-reactive ketones (excluding diaryl/α,β-unsaturated/α-hetero) is 1. The molecule has 3 rings (SSSR count). The summed E-state index contributed by atoms with van der Waals surface area (Å²) in [6.07, 6.45) is 1.93. The third kappa shape index (κ3) is 5.92. The minimum Gasteiger partial charge on any atom is -0.495 e. The van der Waals surface area contributed by atoms with Gasteiger partial charge in [0.05, 0.1) is 29.9 Å². The van der Waals surface area contributed by atoms with E-state index in [2.05, 4.69) is 5.32 Å². The van der Waals surface area contributed by atoms with E-state index in [-0.39, 0.29) is 38.8 Å². The van der Waals surface area contributed by atoms with Crippen LogP contribution in [0.2, 0.25) is 5.02 Å². The van der Waals surface area contributed by atoms with Crippen LogP contribution in [-0.2, 0) is 4.74 Å². The van der Waals surface area contributed by atoms with Gasteiger partial charge in [0.25, 0.3) is 5.56 Å². The standard InChI is InChI=1S/C26H26ClFN2O6/c1-15(31)19-8-9-21(27)25(28)24(19)20-12-23(32)30(14-22(20)36-3)18(10-11-35-2)13-29-17-6-4-16(5-7-17)26(33)34/h4-9,12,14,18,29H,10-11,13H2,1-3H3,(H,33,34). The molecule has 2 N–H and O–H groups in total. The highest BCUT2D eigenvalue weighted by atomic mass is 35.5. The lowest BCUT2D eigenvalue weighted by Crippen LogP contribution is -2.30. The van der Waals surface area contributed by atoms with Crippen LogP contribution in [0.25, 0.3) is 11.1 Å². The molecule has 0 amide bonds. The number of benzene rings is 2. The van der Waals surface area contributed by atoms with Crippen molar-refractivity contribution < 1.29 is 28.6 Å². The van der Waals surface area contributed by atoms with E-state index in [1.165, 1.54) is 55.1 Å². The van der Waals surface area contributed by atoms with E-state index in [1.807, 2.05) is 0 Å². The number of ether oxygens (including phenoxy) is 2. The van der Waals surface area contributed by atoms with Crippen molar-refractivity contribution in [3.63, 3.8) is 0 Å². The number of aromatic nitrogens is 1. The van der Waals surface area contributed by atoms with Crippen molar-refractivity contribution in [3.8, 4) is 16.9 Å². The van der Waals surface area contributed by atoms with E-state index < -0.39 is 23.4 Å². The number of nitrogens with zero attached hydrogens (tertiary/aromatic N) is 1. The fourth-order valence-electron chi connectivity index (χ4n) is 3.84. The summed E-state index contributed by atoms with van der Waals surface area (Å²) in [6.45, 7) is 1.97. The zero-order valence-corrected chi connectivity index (χ0v) is 20.8. The number of aromatic carboxylic acids is 1. The first kappa shape index (κ1) is 26.9. The van der Waals surface area contributed by atoms with Crippen molar-refractivity contribution in [1.29, 1.82) is 0 Å². The molecule has 2 aromatic carbocycles. The van der Waals surface area contributed by atoms with Crippen molar-refractivity contribution in [2.75, 3.05) is 32.7 Å². The van der Waals surface area contributed by atoms with Gasteiger partial charge in [0.1, 0.15) is 11.6 Å². The molecule has 190 valence electrons. The summed E-state index contributed by atoms with van der Waals surface area (Å²) in [5, 5.41) is 12.1. The summed E-state index contributed by atoms with van der Waals surface area (Å²) in [6, 6.07) is 9.76. The smallest absolute Gasteiger partial charge is 0.335 e. The molecule has 8 nitrogen and oxygen atoms in total. The molecule has 0 fully saturated rings. The van der Waals surface area contributed by atoms with Crippen molar-refractivity contribution in [3.05, 3.63) is 81.0 Å². The van der Waals surface area contributed by atoms with E-state index in [0.717, 1.165) is 0 Å². The van der Waals surface area contributed by atoms with Gasteiger partial charge in [-0.2, -0.15) is 0 Å². The number of carboxylic acids is 1. The van der Waals surface area contributed by atoms with Crippen LogP contribution in [0.15, 0.2) is 53.5 Å². The lowest BCUT2D eigenvalue weighted by molar-refractivity contribution is 0.0696. The summed E-state index contributed by atoms with van der Waals surface area (Å²) in [7, 11) is 2.93. The minimum absolute atomic E-state index is 0.0785. The first-order chi connectivity index (χ1) is 17.2. The first-order valence-corrected chi connectivity index (χ1v) is 11.4. The monoisotopic (exact) mass is 516 g/mol. The van der Waals surface area contributed by atoms with Crippen molar-refractivity contribution in [1.82, 2.24) is 4.57 Å². The Labute approximate surface area is 212 Å². The van der Waals surface area contributed by atoms with Crippen LogP contribution in [0.5, 0.6) is 5.75 Å². The number of hydrogen-bond donors (Lipinski definition) is 2. The Morgan fingerprint density at radius 3 is 2.44 bits per heavy atom. The third-order valence-corrected chi connectivity index (χ3v) is 6.02. The lowest BCUT2D eigenvalue weighted by Gasteiger charge is -2.23. The molecule has 3 aromatic rings. The molecule has 36 heavy (non-hydrogen) atoms. The summed E-state index contributed by atoms with van der Waals surface area (Å²) < 4.78 is 27.2. The van der Waals surface area contributed by atoms with Crippen LogP contribution in [0.1, 0.15) is 40.1 Å². The molecule has 0 bridgehead atoms. The summed E-state index contributed by atoms with van der Waals surface area (Å²) in [5.74, 6) is -2.04. The highest BCUT2D eigenvalue weighted by Crippen LogP contribution is 2.36. The Kier molecular flexibility index (Phi) is 8.84. The van der Waals surface area contributed by atoms with Gasteiger partial charge in [-0.3, -0.25) is 9.59 Å². The molecule has 1 atom stereocenters. The number of carbonyl (C=O) groups excluding carboxylic acids is 1. The molecule has 1 aromatic heterocycles. The minimum atomic E-state index is -1.03. The summed E-state index contributed by atoms with van der Waals surface area (Å²) >= 11 is 5.98. The molecule has 0 aliphatic heterocycles. The van der Waals surface area contributed by atoms with Crippen LogP contribution in [0.3, 0.4) is 0 Å². The number of methoxy groups -OCH3 is 2. The van der Waals surface area contributed by atoms with Gasteiger partial charge in [0.2, 0.25) is 0 Å². The second-order valence-corrected chi connectivity index (χ2v) is 8.45. The maximum atomic E-state index is 15.1. The number of nitrogens with one attached hydrogen (secondary N) is 1. The Hall–Kier alpha value is -3.69. The van der Waals surface area contributed by atoms with Crippen molar-refractivity contribution >= 4 is 29.0 Å². The predicted molar refractivity (Wildman–Crippen MR) is 135 cm³/mol. The second-order valence-electron chi connectivity index (χ2n) is 8.04. The van der Waals surface area contributed by atoms with Crippen LogP contribution >= 0.6 is 11.6 Å². The normalized spacial score (nSPS) is 11.7. The molecule has 1 heterocycles. The molecule has 0 radical (unpaired) electrons. The van der Waals surface area contributed by atoms with Gasteiger partial charge in [0, 0.05) is 48.7 Å². The number of ketones is 1. The number of rotatable bonds is 11. The molecule has 1 unspecified atom stereocenters. The fraction of sp³-hybridized carbons (Fsp3) is 0.269. The van der Waals surface area contributed by atoms with Crippen molar-refractivity contribution in [2.45, 2.75) is 19.4 Å². The first-order valence-electron chi connectivity index (χ1n) is 11.0. The number of halogens is 2. The van der Waals surface area contributed by atoms with Crippen LogP contribution in [0, 0.1) is 5.82 Å². The Morgan fingerprint density at radius 1 is 1.17 bits per heavy atom. The number of carboxylic acid groups (broad SMARTS) is 1. The quantitative estimate of drug-likeness (QED) is 0.349. The zero-order chi connectivity index (χ0) is 26.4. The Bertz CT molecular complexity index is 1320. The molecule has 10 heteroatoms. The molecule has 0 aliphatic rings. The van der Waals surface area contributed by atoms with Gasteiger partial charge >= 0.3 is 5.97 Å². The van der Waals surface area contributed by atoms with Gasteiger partial charge in [-0.05, 0) is 49.7 Å². The SMILES string of the molecule is COCCC(CNc1ccc(C(=O)O)cc1)n1cc(OC)c(-c2c(C(C)=O)ccc(Cl)c2F)cc1=O. The second kappa shape index (κ2) is 11.8. The van der Waals surface area contributed by atoms with E-state index in [0.29, 0.717) is 25.3 Å². The largest absolute Gasteiger partial charge is 0.495 e. The Balaban J connectivity index is 2.02. The zero-order valence-electron chi connectivity index (χ0n) is 20.0. The van der Waals surface area contributed by atoms with Gasteiger partial charge in [-0.25, -0.2) is 9.18 Å². The molecule has 0 saturated carbocycles. The predicted octanol–water partition coefficient (Wildman–Crippen LogP) is 4.91. The average Bonchev–Trinajstić information content (AvgIpc) is 2.86. The van der Waals surface area contributed by atoms with Gasteiger partial charge in [0.15, 0.2) is 5.78 Å². The lowest BCUT2D eigenvalue weighted by atomic mass is 9.96. The van der Waals surface area contributed by atoms with Crippen molar-refractivity contribution in [2.24, 2.45) is 0 Å². The molecule has 0 saturated heterocycles. The van der Waals surface area contributed by atoms with E-state index >= 15 is 4.39 Å². The number of anilines is 1. The summed E-state index contributed by atoms with van der Waals surface area (Å²) in [5.41, 5.74) is 0.490. The topological polar surface area (TPSA) is 107 Å². The van der Waals surface area contributed by atoms with Crippen LogP contribution < -0.4 is 15.6 Å². The third-order valence-electron chi connectivity index (χ3n) is 5.73. The molecular weight excluding hydrogens is 491 g/mol. The van der Waals surface area contributed by atoms with E-state index in [1.54, 1.807) is 19.2 Å². The van der Waals surface area contributed by atoms with E-state index in [9.17, 15) is 14.4 Å². The maximum absolute atomic E-state index is 15.1. The fourth-order valence-corrected chi connectivity index (χ4v) is 4.00. The van der Waals surface area contributed by atoms with Gasteiger partial charge in [-0.1, -0.05) is 11.6 Å². The number of hydrogen-bond acceptors (Lipinski definition) is 6. The number of carbonyl (C=O) groups is 2. The average molecular weight is 517 g/mol. The van der Waals surface area contributed by atoms with Crippen LogP contribution in [-0.4, -0.2) is 48.8 Å². The maximum Gasteiger partial charge on any atom is 0.335 e. The highest BCUT2D eigenvalue weighted by molar-refractivity contribution is 6.31. The van der Waals surface area contributed by atoms with Gasteiger partial charge in [-0.15, -0.1) is 0 Å². The molecule has 0 spiro atoms.